The van der Waals surface area contributed by atoms with E-state index < -0.39 is 11.2 Å². The topological polar surface area (TPSA) is 192 Å². The van der Waals surface area contributed by atoms with E-state index in [1.54, 1.807) is 0 Å². The monoisotopic (exact) mass is 903 g/mol. The number of nitrogens with zero attached hydrogens (tertiary/aromatic N) is 7. The minimum atomic E-state index is -0.988. The van der Waals surface area contributed by atoms with Crippen molar-refractivity contribution >= 4 is 57.0 Å². The van der Waals surface area contributed by atoms with Gasteiger partial charge in [-0.15, -0.1) is 10.2 Å². The quantitative estimate of drug-likeness (QED) is 0.0585. The highest BCUT2D eigenvalue weighted by molar-refractivity contribution is 8.15. The molecule has 9 rings (SSSR count). The van der Waals surface area contributed by atoms with Gasteiger partial charge in [0.1, 0.15) is 41.2 Å². The molecule has 0 spiro atoms. The number of hydrogen-bond acceptors (Lipinski definition) is 12. The van der Waals surface area contributed by atoms with E-state index in [2.05, 4.69) is 32.9 Å². The summed E-state index contributed by atoms with van der Waals surface area (Å²) in [5, 5.41) is 26.6. The average molecular weight is 904 g/mol. The molecule has 1 fully saturated rings. The molecule has 65 heavy (non-hydrogen) atoms. The predicted octanol–water partition coefficient (Wildman–Crippen LogP) is 8.28. The first-order valence-corrected chi connectivity index (χ1v) is 22.1. The van der Waals surface area contributed by atoms with Crippen LogP contribution < -0.4 is 14.8 Å². The molecule has 3 N–H and O–H groups in total. The van der Waals surface area contributed by atoms with Gasteiger partial charge in [0.25, 0.3) is 5.24 Å². The number of hydrogen-bond donors (Lipinski definition) is 3. The summed E-state index contributed by atoms with van der Waals surface area (Å²) in [5.41, 5.74) is 7.92. The summed E-state index contributed by atoms with van der Waals surface area (Å²) >= 11 is 7.06. The van der Waals surface area contributed by atoms with E-state index in [-0.39, 0.29) is 24.2 Å². The molecule has 1 aliphatic heterocycles. The lowest BCUT2D eigenvalue weighted by atomic mass is 9.97. The molecule has 0 saturated carbocycles. The van der Waals surface area contributed by atoms with E-state index in [9.17, 15) is 19.5 Å². The van der Waals surface area contributed by atoms with E-state index in [1.807, 2.05) is 131 Å². The van der Waals surface area contributed by atoms with Crippen LogP contribution in [0.4, 0.5) is 4.79 Å². The number of aryl methyl sites for hydroxylation is 2. The van der Waals surface area contributed by atoms with Crippen molar-refractivity contribution in [2.75, 3.05) is 0 Å². The normalized spacial score (nSPS) is 13.6. The van der Waals surface area contributed by atoms with Gasteiger partial charge in [0.15, 0.2) is 0 Å². The molecule has 0 aliphatic carbocycles. The summed E-state index contributed by atoms with van der Waals surface area (Å²) in [6, 6.07) is 36.5. The summed E-state index contributed by atoms with van der Waals surface area (Å²) in [4.78, 5) is 46.1. The first-order valence-electron chi connectivity index (χ1n) is 20.8. The number of carbonyl (C=O) groups excluding carboxylic acids is 2. The molecule has 0 radical (unpaired) electrons. The smallest absolute Gasteiger partial charge is 0.309 e. The number of aliphatic carboxylic acids is 1. The van der Waals surface area contributed by atoms with Crippen molar-refractivity contribution in [2.45, 2.75) is 51.0 Å². The molecule has 15 nitrogen and oxygen atoms in total. The van der Waals surface area contributed by atoms with Crippen LogP contribution in [0.3, 0.4) is 0 Å². The van der Waals surface area contributed by atoms with Crippen molar-refractivity contribution in [3.63, 3.8) is 0 Å². The number of tetrazole rings is 1. The highest BCUT2D eigenvalue weighted by Gasteiger charge is 2.31. The highest BCUT2D eigenvalue weighted by Crippen LogP contribution is 2.33. The van der Waals surface area contributed by atoms with Gasteiger partial charge in [-0.05, 0) is 100 Å². The number of benzene rings is 5. The third kappa shape index (κ3) is 9.42. The Morgan fingerprint density at radius 1 is 0.862 bits per heavy atom. The number of aromatic nitrogens is 8. The Balaban J connectivity index is 0.902. The number of H-pyrrole nitrogens is 1. The summed E-state index contributed by atoms with van der Waals surface area (Å²) in [7, 11) is 1.92. The van der Waals surface area contributed by atoms with E-state index >= 15 is 0 Å². The molecule has 1 unspecified atom stereocenters. The molecular weight excluding hydrogens is 863 g/mol. The number of carbonyl (C=O) groups is 3. The predicted molar refractivity (Wildman–Crippen MR) is 249 cm³/mol. The number of ether oxygens (including phenoxy) is 2. The van der Waals surface area contributed by atoms with Gasteiger partial charge in [-0.2, -0.15) is 5.21 Å². The molecule has 17 heteroatoms. The van der Waals surface area contributed by atoms with Crippen molar-refractivity contribution < 1.29 is 29.0 Å². The summed E-state index contributed by atoms with van der Waals surface area (Å²) in [5.74, 6) is 2.52. The Morgan fingerprint density at radius 3 is 2.32 bits per heavy atom. The molecule has 326 valence electrons. The van der Waals surface area contributed by atoms with Gasteiger partial charge in [-0.3, -0.25) is 19.7 Å². The molecule has 5 aromatic carbocycles. The number of thiocarbonyl (C=S) groups is 1. The average Bonchev–Trinajstić information content (AvgIpc) is 4.11. The Labute approximate surface area is 382 Å². The number of amides is 2. The lowest BCUT2D eigenvalue weighted by Crippen LogP contribution is -2.25. The van der Waals surface area contributed by atoms with Crippen LogP contribution in [-0.4, -0.2) is 72.1 Å². The van der Waals surface area contributed by atoms with Crippen LogP contribution in [0, 0.1) is 0 Å². The zero-order valence-corrected chi connectivity index (χ0v) is 36.9. The Bertz CT molecular complexity index is 3060. The third-order valence-electron chi connectivity index (χ3n) is 11.0. The summed E-state index contributed by atoms with van der Waals surface area (Å²) in [6.45, 7) is 2.65. The first kappa shape index (κ1) is 42.8. The maximum Gasteiger partial charge on any atom is 0.309 e. The van der Waals surface area contributed by atoms with E-state index in [0.717, 1.165) is 68.7 Å². The maximum absolute atomic E-state index is 12.4. The van der Waals surface area contributed by atoms with E-state index in [0.29, 0.717) is 64.3 Å². The Hall–Kier alpha value is -7.50. The molecule has 1 aliphatic rings. The lowest BCUT2D eigenvalue weighted by molar-refractivity contribution is -0.136. The first-order chi connectivity index (χ1) is 31.6. The molecule has 3 aromatic heterocycles. The number of imidazole rings is 2. The second-order valence-electron chi connectivity index (χ2n) is 15.4. The fourth-order valence-corrected chi connectivity index (χ4v) is 8.98. The summed E-state index contributed by atoms with van der Waals surface area (Å²) in [6.07, 6.45) is 1.61. The second-order valence-corrected chi connectivity index (χ2v) is 17.0. The van der Waals surface area contributed by atoms with Gasteiger partial charge in [0.2, 0.25) is 11.7 Å². The van der Waals surface area contributed by atoms with Crippen LogP contribution in [0.25, 0.3) is 33.5 Å². The van der Waals surface area contributed by atoms with Crippen molar-refractivity contribution in [1.82, 2.24) is 45.0 Å². The number of nitrogens with one attached hydrogen (secondary N) is 2. The molecule has 4 heterocycles. The van der Waals surface area contributed by atoms with Gasteiger partial charge in [-0.1, -0.05) is 85.5 Å². The minimum Gasteiger partial charge on any atom is -0.486 e. The van der Waals surface area contributed by atoms with Crippen molar-refractivity contribution in [3.05, 3.63) is 155 Å². The largest absolute Gasteiger partial charge is 0.486 e. The zero-order valence-electron chi connectivity index (χ0n) is 35.2. The lowest BCUT2D eigenvalue weighted by Gasteiger charge is -2.14. The van der Waals surface area contributed by atoms with Crippen LogP contribution in [0.2, 0.25) is 0 Å². The van der Waals surface area contributed by atoms with Crippen LogP contribution in [0.1, 0.15) is 53.1 Å². The zero-order chi connectivity index (χ0) is 45.0. The van der Waals surface area contributed by atoms with Crippen molar-refractivity contribution in [2.24, 2.45) is 7.05 Å². The van der Waals surface area contributed by atoms with E-state index in [1.165, 1.54) is 0 Å². The number of fused-ring (bicyclic) bond motifs is 1. The van der Waals surface area contributed by atoms with Crippen molar-refractivity contribution in [1.29, 1.82) is 0 Å². The number of carboxylic acids is 1. The van der Waals surface area contributed by atoms with Crippen LogP contribution >= 0.6 is 24.0 Å². The molecule has 2 amide bonds. The van der Waals surface area contributed by atoms with Gasteiger partial charge >= 0.3 is 5.97 Å². The third-order valence-corrected chi connectivity index (χ3v) is 12.4. The van der Waals surface area contributed by atoms with Gasteiger partial charge in [-0.25, -0.2) is 9.97 Å². The SMILES string of the molecule is CCCc1nc(C(=S)c2ccc(Oc3ccc4nc(COc5ccc(CC6SC(=O)NC6=O)cc5)n(C)c4c3)cc2)c(CC(=O)O)n1Cc1ccc(-c2ccccc2)c(-c2nn[nH]n2)c1. The van der Waals surface area contributed by atoms with Gasteiger partial charge in [0, 0.05) is 31.6 Å². The summed E-state index contributed by atoms with van der Waals surface area (Å²) < 4.78 is 16.3. The Kier molecular flexibility index (Phi) is 12.3. The molecule has 1 saturated heterocycles. The fourth-order valence-electron chi connectivity index (χ4n) is 7.82. The molecule has 8 aromatic rings. The van der Waals surface area contributed by atoms with Crippen LogP contribution in [-0.2, 0) is 49.1 Å². The van der Waals surface area contributed by atoms with E-state index in [4.69, 9.17) is 31.7 Å². The van der Waals surface area contributed by atoms with Crippen LogP contribution in [0.15, 0.2) is 115 Å². The highest BCUT2D eigenvalue weighted by atomic mass is 32.2. The number of aromatic amines is 1. The number of carboxylic acid groups (broad SMARTS) is 1. The molecule has 0 bridgehead atoms. The maximum atomic E-state index is 12.4. The standard InChI is InChI=1S/C48H41N9O6S2/c1-3-7-41-50-44(39(25-43(58)59)57(41)26-29-12-20-35(30-8-5-4-6-9-30)36(22-29)46-52-54-55-53-46)45(64)31-13-17-33(18-14-31)63-34-19-21-37-38(24-34)56(2)42(49-37)27-62-32-15-10-28(11-16-32)23-40-47(60)51-48(61)65-40/h4-6,8-22,24,40H,3,7,23,25-27H2,1-2H3,(H,58,59)(H,51,60,61)(H,52,53,54,55). The van der Waals surface area contributed by atoms with Gasteiger partial charge < -0.3 is 23.7 Å². The number of thioether (sulfide) groups is 1. The van der Waals surface area contributed by atoms with Crippen LogP contribution in [0.5, 0.6) is 17.2 Å². The number of rotatable bonds is 17. The fraction of sp³-hybridized carbons (Fsp3) is 0.188. The second kappa shape index (κ2) is 18.7. The number of imide groups is 1. The molecular formula is C48H41N9O6S2. The van der Waals surface area contributed by atoms with Crippen molar-refractivity contribution in [3.8, 4) is 39.8 Å². The minimum absolute atomic E-state index is 0.230. The Morgan fingerprint density at radius 2 is 1.62 bits per heavy atom. The van der Waals surface area contributed by atoms with Gasteiger partial charge in [0.05, 0.1) is 33.3 Å². The molecule has 1 atom stereocenters.